The van der Waals surface area contributed by atoms with E-state index >= 15 is 0 Å². The van der Waals surface area contributed by atoms with Crippen molar-refractivity contribution in [1.29, 1.82) is 0 Å². The molecule has 31 heavy (non-hydrogen) atoms. The van der Waals surface area contributed by atoms with Crippen molar-refractivity contribution in [2.75, 3.05) is 5.01 Å². The number of carbonyl (C=O) groups excluding carboxylic acids is 1. The lowest BCUT2D eigenvalue weighted by molar-refractivity contribution is -0.114. The number of hydrazone groups is 1. The Morgan fingerprint density at radius 2 is 1.55 bits per heavy atom. The number of anilines is 1. The number of halogens is 3. The van der Waals surface area contributed by atoms with Crippen LogP contribution in [0.5, 0.6) is 0 Å². The number of hydrogen-bond acceptors (Lipinski definition) is 2. The smallest absolute Gasteiger partial charge is 0.318 e. The van der Waals surface area contributed by atoms with E-state index in [0.717, 1.165) is 27.6 Å². The summed E-state index contributed by atoms with van der Waals surface area (Å²) in [5.74, 6) is -0.807. The molecule has 158 valence electrons. The van der Waals surface area contributed by atoms with E-state index in [1.165, 1.54) is 6.08 Å². The third-order valence-electron chi connectivity index (χ3n) is 5.21. The molecule has 3 aromatic rings. The normalized spacial score (nSPS) is 15.7. The van der Waals surface area contributed by atoms with Crippen molar-refractivity contribution >= 4 is 23.4 Å². The molecule has 1 amide bonds. The first kappa shape index (κ1) is 20.7. The Hall–Kier alpha value is -3.61. The molecular formula is C24H20F3N3O. The molecule has 0 N–H and O–H groups in total. The summed E-state index contributed by atoms with van der Waals surface area (Å²) >= 11 is 0. The van der Waals surface area contributed by atoms with E-state index in [4.69, 9.17) is 0 Å². The van der Waals surface area contributed by atoms with Crippen molar-refractivity contribution in [2.45, 2.75) is 26.9 Å². The molecule has 2 heterocycles. The molecule has 0 aliphatic carbocycles. The Balaban J connectivity index is 1.80. The molecule has 1 aromatic heterocycles. The lowest BCUT2D eigenvalue weighted by Gasteiger charge is -2.11. The predicted octanol–water partition coefficient (Wildman–Crippen LogP) is 5.75. The van der Waals surface area contributed by atoms with Crippen LogP contribution < -0.4 is 5.01 Å². The molecule has 0 spiro atoms. The summed E-state index contributed by atoms with van der Waals surface area (Å²) in [6.45, 7) is 5.68. The maximum Gasteiger partial charge on any atom is 0.435 e. The van der Waals surface area contributed by atoms with Gasteiger partial charge >= 0.3 is 6.18 Å². The number of alkyl halides is 3. The summed E-state index contributed by atoms with van der Waals surface area (Å²) in [5, 5.41) is 4.41. The molecule has 1 aliphatic rings. The average Bonchev–Trinajstić information content (AvgIpc) is 3.20. The SMILES string of the molecule is Cc1ccc(-n2c(C)cc(/C=C3\C(=O)N(c4ccccc4)N=C3C(F)(F)F)c2C)cc1. The molecule has 4 nitrogen and oxygen atoms in total. The second-order valence-corrected chi connectivity index (χ2v) is 7.45. The molecule has 0 unspecified atom stereocenters. The van der Waals surface area contributed by atoms with E-state index in [0.29, 0.717) is 5.56 Å². The fourth-order valence-corrected chi connectivity index (χ4v) is 3.68. The van der Waals surface area contributed by atoms with Crippen molar-refractivity contribution in [1.82, 2.24) is 4.57 Å². The molecule has 0 saturated carbocycles. The first-order valence-electron chi connectivity index (χ1n) is 9.70. The van der Waals surface area contributed by atoms with Gasteiger partial charge in [0.1, 0.15) is 0 Å². The molecule has 0 saturated heterocycles. The van der Waals surface area contributed by atoms with Crippen LogP contribution in [-0.4, -0.2) is 22.4 Å². The van der Waals surface area contributed by atoms with Crippen LogP contribution in [0.1, 0.15) is 22.5 Å². The topological polar surface area (TPSA) is 37.6 Å². The van der Waals surface area contributed by atoms with Gasteiger partial charge in [0.05, 0.1) is 11.3 Å². The predicted molar refractivity (Wildman–Crippen MR) is 115 cm³/mol. The number of benzene rings is 2. The number of aromatic nitrogens is 1. The highest BCUT2D eigenvalue weighted by Gasteiger charge is 2.46. The number of rotatable bonds is 3. The standard InChI is InChI=1S/C24H20F3N3O/c1-15-9-11-19(12-10-15)29-16(2)13-18(17(29)3)14-21-22(24(25,26)27)28-30(23(21)31)20-7-5-4-6-8-20/h4-14H,1-3H3/b21-14-. The lowest BCUT2D eigenvalue weighted by atomic mass is 10.1. The van der Waals surface area contributed by atoms with Crippen molar-refractivity contribution < 1.29 is 18.0 Å². The van der Waals surface area contributed by atoms with Gasteiger partial charge in [0.2, 0.25) is 0 Å². The second kappa shape index (κ2) is 7.58. The van der Waals surface area contributed by atoms with Gasteiger partial charge in [-0.2, -0.15) is 23.3 Å². The average molecular weight is 423 g/mol. The molecule has 0 bridgehead atoms. The summed E-state index contributed by atoms with van der Waals surface area (Å²) in [7, 11) is 0. The zero-order valence-electron chi connectivity index (χ0n) is 17.2. The highest BCUT2D eigenvalue weighted by Crippen LogP contribution is 2.33. The molecule has 7 heteroatoms. The molecule has 0 atom stereocenters. The van der Waals surface area contributed by atoms with E-state index < -0.39 is 23.4 Å². The van der Waals surface area contributed by atoms with Gasteiger partial charge < -0.3 is 4.57 Å². The van der Waals surface area contributed by atoms with Crippen LogP contribution in [0.2, 0.25) is 0 Å². The molecular weight excluding hydrogens is 403 g/mol. The van der Waals surface area contributed by atoms with Crippen LogP contribution >= 0.6 is 0 Å². The van der Waals surface area contributed by atoms with E-state index in [1.807, 2.05) is 49.6 Å². The van der Waals surface area contributed by atoms with Gasteiger partial charge in [0.15, 0.2) is 5.71 Å². The van der Waals surface area contributed by atoms with E-state index in [9.17, 15) is 18.0 Å². The maximum atomic E-state index is 13.7. The van der Waals surface area contributed by atoms with Crippen LogP contribution in [0.3, 0.4) is 0 Å². The largest absolute Gasteiger partial charge is 0.435 e. The maximum absolute atomic E-state index is 13.7. The molecule has 0 radical (unpaired) electrons. The van der Waals surface area contributed by atoms with E-state index in [2.05, 4.69) is 5.10 Å². The quantitative estimate of drug-likeness (QED) is 0.494. The third-order valence-corrected chi connectivity index (χ3v) is 5.21. The number of hydrogen-bond donors (Lipinski definition) is 0. The van der Waals surface area contributed by atoms with E-state index in [-0.39, 0.29) is 5.69 Å². The monoisotopic (exact) mass is 423 g/mol. The number of amides is 1. The van der Waals surface area contributed by atoms with Gasteiger partial charge in [-0.15, -0.1) is 0 Å². The minimum absolute atomic E-state index is 0.280. The fourth-order valence-electron chi connectivity index (χ4n) is 3.68. The second-order valence-electron chi connectivity index (χ2n) is 7.45. The van der Waals surface area contributed by atoms with Gasteiger partial charge in [-0.25, -0.2) is 0 Å². The Morgan fingerprint density at radius 1 is 0.903 bits per heavy atom. The van der Waals surface area contributed by atoms with Crippen molar-refractivity contribution in [2.24, 2.45) is 5.10 Å². The summed E-state index contributed by atoms with van der Waals surface area (Å²) in [6, 6.07) is 17.7. The Labute approximate surface area is 177 Å². The summed E-state index contributed by atoms with van der Waals surface area (Å²) in [4.78, 5) is 12.9. The van der Waals surface area contributed by atoms with Gasteiger partial charge in [-0.3, -0.25) is 4.79 Å². The van der Waals surface area contributed by atoms with Crippen molar-refractivity contribution in [3.8, 4) is 5.69 Å². The van der Waals surface area contributed by atoms with Crippen molar-refractivity contribution in [3.63, 3.8) is 0 Å². The van der Waals surface area contributed by atoms with Gasteiger partial charge in [-0.1, -0.05) is 35.9 Å². The van der Waals surface area contributed by atoms with Crippen LogP contribution in [0.15, 0.2) is 71.3 Å². The number of carbonyl (C=O) groups is 1. The van der Waals surface area contributed by atoms with Gasteiger partial charge in [0, 0.05) is 17.1 Å². The van der Waals surface area contributed by atoms with Crippen LogP contribution in [0, 0.1) is 20.8 Å². The van der Waals surface area contributed by atoms with E-state index in [1.54, 1.807) is 36.4 Å². The number of nitrogens with zero attached hydrogens (tertiary/aromatic N) is 3. The molecule has 1 aliphatic heterocycles. The van der Waals surface area contributed by atoms with Crippen LogP contribution in [-0.2, 0) is 4.79 Å². The molecule has 2 aromatic carbocycles. The summed E-state index contributed by atoms with van der Waals surface area (Å²) in [5.41, 5.74) is 2.75. The minimum Gasteiger partial charge on any atom is -0.318 e. The Morgan fingerprint density at radius 3 is 2.16 bits per heavy atom. The fraction of sp³-hybridized carbons (Fsp3) is 0.167. The minimum atomic E-state index is -4.76. The zero-order chi connectivity index (χ0) is 22.3. The zero-order valence-corrected chi connectivity index (χ0v) is 17.2. The number of aryl methyl sites for hydroxylation is 2. The third kappa shape index (κ3) is 3.79. The van der Waals surface area contributed by atoms with Gasteiger partial charge in [0.25, 0.3) is 5.91 Å². The lowest BCUT2D eigenvalue weighted by Crippen LogP contribution is -2.25. The molecule has 4 rings (SSSR count). The summed E-state index contributed by atoms with van der Waals surface area (Å²) < 4.78 is 43.1. The highest BCUT2D eigenvalue weighted by molar-refractivity contribution is 6.34. The Kier molecular flexibility index (Phi) is 5.05. The number of para-hydroxylation sites is 1. The van der Waals surface area contributed by atoms with Gasteiger partial charge in [-0.05, 0) is 62.7 Å². The van der Waals surface area contributed by atoms with Crippen molar-refractivity contribution in [3.05, 3.63) is 88.8 Å². The first-order chi connectivity index (χ1) is 14.7. The first-order valence-corrected chi connectivity index (χ1v) is 9.70. The molecule has 0 fully saturated rings. The highest BCUT2D eigenvalue weighted by atomic mass is 19.4. The summed E-state index contributed by atoms with van der Waals surface area (Å²) in [6.07, 6.45) is -3.47. The Bertz CT molecular complexity index is 1200. The van der Waals surface area contributed by atoms with Crippen LogP contribution in [0.25, 0.3) is 11.8 Å². The van der Waals surface area contributed by atoms with Crippen LogP contribution in [0.4, 0.5) is 18.9 Å².